The number of rotatable bonds is 1. The average Bonchev–Trinajstić information content (AvgIpc) is 2.10. The van der Waals surface area contributed by atoms with Crippen LogP contribution in [0.4, 0.5) is 0 Å². The van der Waals surface area contributed by atoms with Crippen LogP contribution in [0.3, 0.4) is 0 Å². The summed E-state index contributed by atoms with van der Waals surface area (Å²) < 4.78 is 11.8. The van der Waals surface area contributed by atoms with Crippen LogP contribution in [0.5, 0.6) is 0 Å². The van der Waals surface area contributed by atoms with Crippen LogP contribution < -0.4 is 0 Å². The Morgan fingerprint density at radius 1 is 1.88 bits per heavy atom. The Morgan fingerprint density at radius 3 is 2.88 bits per heavy atom. The zero-order valence-electron chi connectivity index (χ0n) is 5.45. The fraction of sp³-hybridized carbons (Fsp3) is 1.00. The molecule has 3 atom stereocenters. The summed E-state index contributed by atoms with van der Waals surface area (Å²) in [6.45, 7) is -0.853. The summed E-state index contributed by atoms with van der Waals surface area (Å²) >= 11 is 0. The minimum atomic E-state index is -0.655. The maximum atomic E-state index is 8.95. The normalized spacial score (nSPS) is 49.2. The topological polar surface area (TPSA) is 49.7 Å². The average molecular weight is 120 g/mol. The summed E-state index contributed by atoms with van der Waals surface area (Å²) in [6.07, 6.45) is -0.879. The third-order valence-electron chi connectivity index (χ3n) is 1.22. The zero-order valence-corrected chi connectivity index (χ0v) is 4.45. The van der Waals surface area contributed by atoms with Crippen LogP contribution in [-0.2, 0) is 4.74 Å². The smallest absolute Gasteiger partial charge is 0.106 e. The summed E-state index contributed by atoms with van der Waals surface area (Å²) in [6, 6.07) is 0. The first-order valence-corrected chi connectivity index (χ1v) is 2.60. The van der Waals surface area contributed by atoms with Crippen molar-refractivity contribution in [3.8, 4) is 0 Å². The molecule has 0 aromatic carbocycles. The lowest BCUT2D eigenvalue weighted by Gasteiger charge is -2.07. The predicted octanol–water partition coefficient (Wildman–Crippen LogP) is -0.871. The van der Waals surface area contributed by atoms with Gasteiger partial charge in [-0.15, -0.1) is 0 Å². The van der Waals surface area contributed by atoms with E-state index in [1.165, 1.54) is 0 Å². The quantitative estimate of drug-likeness (QED) is 0.473. The van der Waals surface area contributed by atoms with Gasteiger partial charge >= 0.3 is 0 Å². The van der Waals surface area contributed by atoms with E-state index in [1.54, 1.807) is 0 Å². The lowest BCUT2D eigenvalue weighted by molar-refractivity contribution is 0.00406. The van der Waals surface area contributed by atoms with E-state index in [0.29, 0.717) is 6.42 Å². The Hall–Kier alpha value is -0.120. The van der Waals surface area contributed by atoms with Gasteiger partial charge in [0, 0.05) is 6.58 Å². The van der Waals surface area contributed by atoms with Gasteiger partial charge in [0.25, 0.3) is 0 Å². The van der Waals surface area contributed by atoms with Gasteiger partial charge < -0.3 is 14.9 Å². The van der Waals surface area contributed by atoms with Crippen LogP contribution in [0.15, 0.2) is 0 Å². The molecule has 1 unspecified atom stereocenters. The molecule has 1 aliphatic heterocycles. The molecule has 1 fully saturated rings. The lowest BCUT2D eigenvalue weighted by Crippen LogP contribution is -2.24. The molecule has 3 nitrogen and oxygen atoms in total. The van der Waals surface area contributed by atoms with E-state index in [0.717, 1.165) is 0 Å². The van der Waals surface area contributed by atoms with Crippen molar-refractivity contribution < 1.29 is 16.3 Å². The highest BCUT2D eigenvalue weighted by Gasteiger charge is 2.24. The Labute approximate surface area is 49.3 Å². The maximum Gasteiger partial charge on any atom is 0.106 e. The van der Waals surface area contributed by atoms with Crippen molar-refractivity contribution in [3.05, 3.63) is 0 Å². The van der Waals surface area contributed by atoms with Gasteiger partial charge in [-0.1, -0.05) is 0 Å². The first-order valence-electron chi connectivity index (χ1n) is 3.18. The van der Waals surface area contributed by atoms with E-state index in [-0.39, 0.29) is 6.61 Å². The molecule has 3 heteroatoms. The van der Waals surface area contributed by atoms with Gasteiger partial charge in [0.1, 0.15) is 6.10 Å². The van der Waals surface area contributed by atoms with Gasteiger partial charge in [0.2, 0.25) is 0 Å². The number of aliphatic hydroxyl groups excluding tert-OH is 2. The molecule has 0 aromatic heterocycles. The van der Waals surface area contributed by atoms with E-state index >= 15 is 0 Å². The van der Waals surface area contributed by atoms with E-state index in [4.69, 9.17) is 16.3 Å². The Bertz CT molecular complexity index is 98.2. The van der Waals surface area contributed by atoms with Crippen LogP contribution >= 0.6 is 0 Å². The summed E-state index contributed by atoms with van der Waals surface area (Å²) in [4.78, 5) is 0. The second-order valence-electron chi connectivity index (χ2n) is 1.83. The van der Waals surface area contributed by atoms with Crippen molar-refractivity contribution in [2.24, 2.45) is 0 Å². The second kappa shape index (κ2) is 2.44. The van der Waals surface area contributed by atoms with E-state index in [9.17, 15) is 0 Å². The predicted molar refractivity (Wildman–Crippen MR) is 27.4 cm³/mol. The molecule has 0 saturated carbocycles. The van der Waals surface area contributed by atoms with Gasteiger partial charge in [-0.25, -0.2) is 0 Å². The van der Waals surface area contributed by atoms with Crippen molar-refractivity contribution in [1.82, 2.24) is 0 Å². The van der Waals surface area contributed by atoms with E-state index < -0.39 is 18.8 Å². The first-order chi connectivity index (χ1) is 4.24. The molecule has 0 spiro atoms. The van der Waals surface area contributed by atoms with Crippen molar-refractivity contribution in [2.45, 2.75) is 18.6 Å². The van der Waals surface area contributed by atoms with Gasteiger partial charge in [-0.3, -0.25) is 0 Å². The van der Waals surface area contributed by atoms with Gasteiger partial charge in [0.05, 0.1) is 14.1 Å². The molecule has 1 rings (SSSR count). The third kappa shape index (κ3) is 0.992. The molecule has 1 saturated heterocycles. The molecule has 8 heavy (non-hydrogen) atoms. The maximum absolute atomic E-state index is 8.95. The van der Waals surface area contributed by atoms with Crippen molar-refractivity contribution in [2.75, 3.05) is 13.2 Å². The van der Waals surface area contributed by atoms with E-state index in [2.05, 4.69) is 0 Å². The molecule has 0 bridgehead atoms. The Kier molecular flexibility index (Phi) is 1.44. The summed E-state index contributed by atoms with van der Waals surface area (Å²) in [7, 11) is 0. The summed E-state index contributed by atoms with van der Waals surface area (Å²) in [5.41, 5.74) is 0. The number of aliphatic hydroxyl groups is 2. The highest BCUT2D eigenvalue weighted by Crippen LogP contribution is 2.11. The SMILES string of the molecule is [3H][C@@H]1CC(O)[C@@H](CO)O1. The molecule has 1 aliphatic rings. The molecule has 1 heterocycles. The largest absolute Gasteiger partial charge is 0.394 e. The zero-order chi connectivity index (χ0) is 6.85. The van der Waals surface area contributed by atoms with Crippen LogP contribution in [0.25, 0.3) is 0 Å². The minimum absolute atomic E-state index is 0.198. The fourth-order valence-electron chi connectivity index (χ4n) is 0.685. The Balaban J connectivity index is 2.38. The van der Waals surface area contributed by atoms with Crippen molar-refractivity contribution in [1.29, 1.82) is 0 Å². The molecule has 2 N–H and O–H groups in total. The van der Waals surface area contributed by atoms with Crippen LogP contribution in [0.2, 0.25) is 0 Å². The summed E-state index contributed by atoms with van der Waals surface area (Å²) in [5, 5.41) is 17.4. The Morgan fingerprint density at radius 2 is 2.62 bits per heavy atom. The lowest BCUT2D eigenvalue weighted by atomic mass is 10.2. The first kappa shape index (κ1) is 4.73. The number of hydrogen-bond donors (Lipinski definition) is 2. The monoisotopic (exact) mass is 120 g/mol. The number of ether oxygens (including phenoxy) is 1. The molecule has 0 radical (unpaired) electrons. The standard InChI is InChI=1S/C5H10O3/c6-3-5-4(7)1-2-8-5/h4-7H,1-3H2/t4?,5-/m1/s1/i2T/t2-,4?,5-. The minimum Gasteiger partial charge on any atom is -0.394 e. The van der Waals surface area contributed by atoms with Crippen LogP contribution in [0, 0.1) is 0 Å². The summed E-state index contributed by atoms with van der Waals surface area (Å²) in [5.74, 6) is 0. The second-order valence-corrected chi connectivity index (χ2v) is 1.83. The fourth-order valence-corrected chi connectivity index (χ4v) is 0.685. The van der Waals surface area contributed by atoms with Crippen molar-refractivity contribution in [3.63, 3.8) is 0 Å². The molecule has 0 aliphatic carbocycles. The van der Waals surface area contributed by atoms with Gasteiger partial charge in [-0.05, 0) is 6.42 Å². The third-order valence-corrected chi connectivity index (χ3v) is 1.22. The highest BCUT2D eigenvalue weighted by atomic mass is 16.5. The van der Waals surface area contributed by atoms with Gasteiger partial charge in [-0.2, -0.15) is 0 Å². The van der Waals surface area contributed by atoms with Gasteiger partial charge in [0.15, 0.2) is 0 Å². The molecular formula is C5H10O3. The van der Waals surface area contributed by atoms with Crippen molar-refractivity contribution >= 4 is 0 Å². The van der Waals surface area contributed by atoms with E-state index in [1.807, 2.05) is 0 Å². The van der Waals surface area contributed by atoms with Crippen LogP contribution in [-0.4, -0.2) is 35.6 Å². The molecule has 48 valence electrons. The number of hydrogen-bond acceptors (Lipinski definition) is 3. The highest BCUT2D eigenvalue weighted by molar-refractivity contribution is 4.73. The van der Waals surface area contributed by atoms with Crippen LogP contribution in [0.1, 0.15) is 7.79 Å². The molecule has 0 amide bonds. The molecule has 0 aromatic rings. The molecular weight excluding hydrogens is 108 g/mol.